The summed E-state index contributed by atoms with van der Waals surface area (Å²) in [7, 11) is 0. The lowest BCUT2D eigenvalue weighted by atomic mass is 10.1. The Morgan fingerprint density at radius 2 is 2.40 bits per heavy atom. The van der Waals surface area contributed by atoms with Crippen LogP contribution in [0.15, 0.2) is 12.1 Å². The first-order valence-electron chi connectivity index (χ1n) is 6.62. The number of amides is 2. The van der Waals surface area contributed by atoms with Gasteiger partial charge in [0.15, 0.2) is 0 Å². The van der Waals surface area contributed by atoms with Crippen LogP contribution in [0.4, 0.5) is 10.5 Å². The van der Waals surface area contributed by atoms with E-state index in [2.05, 4.69) is 19.4 Å². The number of hydrogen-bond acceptors (Lipinski definition) is 5. The summed E-state index contributed by atoms with van der Waals surface area (Å²) in [5.41, 5.74) is 3.23. The number of aromatic nitrogens is 2. The Balaban J connectivity index is 1.67. The second-order valence-electron chi connectivity index (χ2n) is 4.86. The molecule has 106 valence electrons. The molecule has 1 atom stereocenters. The Labute approximate surface area is 120 Å². The van der Waals surface area contributed by atoms with E-state index in [1.54, 1.807) is 0 Å². The molecule has 0 spiro atoms. The fourth-order valence-corrected chi connectivity index (χ4v) is 2.82. The van der Waals surface area contributed by atoms with Crippen LogP contribution in [-0.4, -0.2) is 34.0 Å². The van der Waals surface area contributed by atoms with Gasteiger partial charge < -0.3 is 15.4 Å². The Hall–Kier alpha value is -1.73. The summed E-state index contributed by atoms with van der Waals surface area (Å²) in [5, 5.41) is 5.70. The molecule has 7 heteroatoms. The highest BCUT2D eigenvalue weighted by Crippen LogP contribution is 2.25. The minimum Gasteiger partial charge on any atom is -0.376 e. The van der Waals surface area contributed by atoms with Crippen molar-refractivity contribution in [2.75, 3.05) is 18.5 Å². The number of ether oxygens (including phenoxy) is 1. The quantitative estimate of drug-likeness (QED) is 0.910. The van der Waals surface area contributed by atoms with Gasteiger partial charge in [-0.15, -0.1) is 0 Å². The van der Waals surface area contributed by atoms with E-state index >= 15 is 0 Å². The normalized spacial score (nSPS) is 18.4. The van der Waals surface area contributed by atoms with Gasteiger partial charge in [-0.05, 0) is 31.4 Å². The number of aryl methyl sites for hydroxylation is 1. The summed E-state index contributed by atoms with van der Waals surface area (Å²) in [6.07, 6.45) is 2.21. The number of nitrogens with one attached hydrogen (secondary N) is 2. The maximum atomic E-state index is 12.0. The average Bonchev–Trinajstić information content (AvgIpc) is 3.10. The van der Waals surface area contributed by atoms with Crippen molar-refractivity contribution in [3.63, 3.8) is 0 Å². The van der Waals surface area contributed by atoms with E-state index in [-0.39, 0.29) is 12.1 Å². The molecule has 2 amide bonds. The third-order valence-electron chi connectivity index (χ3n) is 3.39. The second kappa shape index (κ2) is 5.72. The van der Waals surface area contributed by atoms with Crippen LogP contribution in [0.2, 0.25) is 0 Å². The topological polar surface area (TPSA) is 76.1 Å². The SMILES string of the molecule is Cc1ccc2nsnc2c1NC(=O)NC[C@H]1CCCO1. The molecule has 1 saturated heterocycles. The van der Waals surface area contributed by atoms with Crippen molar-refractivity contribution in [2.24, 2.45) is 0 Å². The number of carbonyl (C=O) groups excluding carboxylic acids is 1. The van der Waals surface area contributed by atoms with E-state index in [1.807, 2.05) is 19.1 Å². The summed E-state index contributed by atoms with van der Waals surface area (Å²) in [4.78, 5) is 12.0. The molecule has 2 heterocycles. The molecule has 3 rings (SSSR count). The minimum atomic E-state index is -0.232. The summed E-state index contributed by atoms with van der Waals surface area (Å²) in [6.45, 7) is 3.27. The lowest BCUT2D eigenvalue weighted by Gasteiger charge is -2.13. The molecule has 6 nitrogen and oxygen atoms in total. The van der Waals surface area contributed by atoms with E-state index in [4.69, 9.17) is 4.74 Å². The molecule has 0 radical (unpaired) electrons. The number of anilines is 1. The number of urea groups is 1. The van der Waals surface area contributed by atoms with Crippen molar-refractivity contribution < 1.29 is 9.53 Å². The highest BCUT2D eigenvalue weighted by Gasteiger charge is 2.17. The molecule has 1 aliphatic heterocycles. The van der Waals surface area contributed by atoms with Gasteiger partial charge in [-0.3, -0.25) is 0 Å². The smallest absolute Gasteiger partial charge is 0.319 e. The van der Waals surface area contributed by atoms with Crippen LogP contribution in [0, 0.1) is 6.92 Å². The monoisotopic (exact) mass is 292 g/mol. The maximum Gasteiger partial charge on any atom is 0.319 e. The van der Waals surface area contributed by atoms with Crippen molar-refractivity contribution in [1.29, 1.82) is 0 Å². The average molecular weight is 292 g/mol. The van der Waals surface area contributed by atoms with Crippen molar-refractivity contribution in [3.8, 4) is 0 Å². The van der Waals surface area contributed by atoms with E-state index in [0.29, 0.717) is 6.54 Å². The fraction of sp³-hybridized carbons (Fsp3) is 0.462. The first-order valence-corrected chi connectivity index (χ1v) is 7.35. The number of benzene rings is 1. The van der Waals surface area contributed by atoms with Crippen LogP contribution in [0.5, 0.6) is 0 Å². The molecular formula is C13H16N4O2S. The summed E-state index contributed by atoms with van der Waals surface area (Å²) >= 11 is 1.14. The molecule has 0 unspecified atom stereocenters. The van der Waals surface area contributed by atoms with Crippen LogP contribution in [-0.2, 0) is 4.74 Å². The van der Waals surface area contributed by atoms with Gasteiger partial charge in [-0.2, -0.15) is 8.75 Å². The number of hydrogen-bond donors (Lipinski definition) is 2. The van der Waals surface area contributed by atoms with Crippen molar-refractivity contribution in [2.45, 2.75) is 25.9 Å². The predicted molar refractivity (Wildman–Crippen MR) is 78.1 cm³/mol. The van der Waals surface area contributed by atoms with Gasteiger partial charge in [-0.1, -0.05) is 6.07 Å². The molecule has 20 heavy (non-hydrogen) atoms. The highest BCUT2D eigenvalue weighted by molar-refractivity contribution is 7.00. The molecule has 0 aliphatic carbocycles. The molecule has 1 aromatic heterocycles. The standard InChI is InChI=1S/C13H16N4O2S/c1-8-4-5-10-12(17-20-16-10)11(8)15-13(18)14-7-9-3-2-6-19-9/h4-5,9H,2-3,6-7H2,1H3,(H2,14,15,18)/t9-/m1/s1. The van der Waals surface area contributed by atoms with Gasteiger partial charge in [0.25, 0.3) is 0 Å². The van der Waals surface area contributed by atoms with Crippen LogP contribution in [0.25, 0.3) is 11.0 Å². The zero-order chi connectivity index (χ0) is 13.9. The van der Waals surface area contributed by atoms with Crippen molar-refractivity contribution in [1.82, 2.24) is 14.1 Å². The Bertz CT molecular complexity index is 622. The molecule has 0 bridgehead atoms. The minimum absolute atomic E-state index is 0.138. The van der Waals surface area contributed by atoms with Crippen molar-refractivity contribution >= 4 is 34.5 Å². The number of rotatable bonds is 3. The first-order chi connectivity index (χ1) is 9.74. The summed E-state index contributed by atoms with van der Waals surface area (Å²) in [5.74, 6) is 0. The molecule has 0 saturated carbocycles. The molecule has 1 aromatic carbocycles. The zero-order valence-corrected chi connectivity index (χ0v) is 12.0. The Morgan fingerprint density at radius 3 is 3.20 bits per heavy atom. The van der Waals surface area contributed by atoms with Gasteiger partial charge in [0.05, 0.1) is 23.5 Å². The summed E-state index contributed by atoms with van der Waals surface area (Å²) in [6, 6.07) is 3.60. The third-order valence-corrected chi connectivity index (χ3v) is 3.93. The van der Waals surface area contributed by atoms with Crippen LogP contribution in [0.1, 0.15) is 18.4 Å². The van der Waals surface area contributed by atoms with E-state index < -0.39 is 0 Å². The molecule has 1 fully saturated rings. The van der Waals surface area contributed by atoms with Crippen LogP contribution in [0.3, 0.4) is 0 Å². The summed E-state index contributed by atoms with van der Waals surface area (Å²) < 4.78 is 13.9. The van der Waals surface area contributed by atoms with Crippen LogP contribution < -0.4 is 10.6 Å². The third kappa shape index (κ3) is 2.73. The lowest BCUT2D eigenvalue weighted by Crippen LogP contribution is -2.35. The molecule has 1 aliphatic rings. The zero-order valence-electron chi connectivity index (χ0n) is 11.2. The highest BCUT2D eigenvalue weighted by atomic mass is 32.1. The number of nitrogens with zero attached hydrogens (tertiary/aromatic N) is 2. The Morgan fingerprint density at radius 1 is 1.50 bits per heavy atom. The number of carbonyl (C=O) groups is 1. The van der Waals surface area contributed by atoms with Gasteiger partial charge in [0.2, 0.25) is 0 Å². The first kappa shape index (κ1) is 13.3. The molecular weight excluding hydrogens is 276 g/mol. The van der Waals surface area contributed by atoms with Crippen molar-refractivity contribution in [3.05, 3.63) is 17.7 Å². The number of fused-ring (bicyclic) bond motifs is 1. The van der Waals surface area contributed by atoms with E-state index in [9.17, 15) is 4.79 Å². The largest absolute Gasteiger partial charge is 0.376 e. The van der Waals surface area contributed by atoms with Crippen LogP contribution >= 0.6 is 11.7 Å². The lowest BCUT2D eigenvalue weighted by molar-refractivity contribution is 0.112. The molecule has 2 N–H and O–H groups in total. The van der Waals surface area contributed by atoms with Gasteiger partial charge in [0, 0.05) is 13.2 Å². The Kier molecular flexibility index (Phi) is 3.79. The molecule has 2 aromatic rings. The van der Waals surface area contributed by atoms with E-state index in [0.717, 1.165) is 53.5 Å². The maximum absolute atomic E-state index is 12.0. The van der Waals surface area contributed by atoms with E-state index in [1.165, 1.54) is 0 Å². The second-order valence-corrected chi connectivity index (χ2v) is 5.39. The van der Waals surface area contributed by atoms with Gasteiger partial charge in [-0.25, -0.2) is 4.79 Å². The van der Waals surface area contributed by atoms with Gasteiger partial charge in [0.1, 0.15) is 11.0 Å². The predicted octanol–water partition coefficient (Wildman–Crippen LogP) is 2.30. The fourth-order valence-electron chi connectivity index (χ4n) is 2.28. The van der Waals surface area contributed by atoms with Gasteiger partial charge >= 0.3 is 6.03 Å².